The normalized spacial score (nSPS) is 14.8. The first kappa shape index (κ1) is 9.07. The lowest BCUT2D eigenvalue weighted by Crippen LogP contribution is -2.19. The Labute approximate surface area is 87.9 Å². The maximum Gasteiger partial charge on any atom is 0.0544 e. The van der Waals surface area contributed by atoms with Gasteiger partial charge in [0, 0.05) is 17.6 Å². The van der Waals surface area contributed by atoms with Crippen LogP contribution in [0.15, 0.2) is 16.6 Å². The SMILES string of the molecule is CCN1CCc2cc(C)cc(Br)c21. The monoisotopic (exact) mass is 239 g/mol. The van der Waals surface area contributed by atoms with E-state index in [0.717, 1.165) is 6.54 Å². The molecule has 2 rings (SSSR count). The number of hydrogen-bond donors (Lipinski definition) is 0. The number of benzene rings is 1. The van der Waals surface area contributed by atoms with Gasteiger partial charge in [0.05, 0.1) is 5.69 Å². The average Bonchev–Trinajstić information content (AvgIpc) is 2.47. The zero-order valence-corrected chi connectivity index (χ0v) is 9.69. The predicted octanol–water partition coefficient (Wildman–Crippen LogP) is 3.14. The molecule has 0 amide bonds. The van der Waals surface area contributed by atoms with E-state index < -0.39 is 0 Å². The van der Waals surface area contributed by atoms with E-state index in [0.29, 0.717) is 0 Å². The third kappa shape index (κ3) is 1.48. The lowest BCUT2D eigenvalue weighted by atomic mass is 10.1. The van der Waals surface area contributed by atoms with E-state index in [-0.39, 0.29) is 0 Å². The maximum absolute atomic E-state index is 3.64. The molecule has 1 aliphatic rings. The van der Waals surface area contributed by atoms with Crippen molar-refractivity contribution in [1.82, 2.24) is 0 Å². The van der Waals surface area contributed by atoms with Crippen LogP contribution in [0.1, 0.15) is 18.1 Å². The van der Waals surface area contributed by atoms with Crippen molar-refractivity contribution in [3.05, 3.63) is 27.7 Å². The molecule has 1 aliphatic heterocycles. The molecule has 1 aromatic carbocycles. The molecule has 0 spiro atoms. The first-order chi connectivity index (χ1) is 6.22. The van der Waals surface area contributed by atoms with Crippen LogP contribution in [0.2, 0.25) is 0 Å². The van der Waals surface area contributed by atoms with Crippen LogP contribution in [0.5, 0.6) is 0 Å². The molecular formula is C11H14BrN. The Hall–Kier alpha value is -0.500. The fraction of sp³-hybridized carbons (Fsp3) is 0.455. The van der Waals surface area contributed by atoms with Crippen LogP contribution in [0.3, 0.4) is 0 Å². The van der Waals surface area contributed by atoms with Crippen LogP contribution in [-0.2, 0) is 6.42 Å². The number of halogens is 1. The van der Waals surface area contributed by atoms with Crippen molar-refractivity contribution in [1.29, 1.82) is 0 Å². The van der Waals surface area contributed by atoms with Crippen molar-refractivity contribution >= 4 is 21.6 Å². The molecule has 0 fully saturated rings. The second kappa shape index (κ2) is 3.33. The fourth-order valence-corrected chi connectivity index (χ4v) is 2.90. The van der Waals surface area contributed by atoms with Crippen molar-refractivity contribution in [2.24, 2.45) is 0 Å². The average molecular weight is 240 g/mol. The van der Waals surface area contributed by atoms with Gasteiger partial charge in [-0.15, -0.1) is 0 Å². The van der Waals surface area contributed by atoms with Gasteiger partial charge in [0.2, 0.25) is 0 Å². The van der Waals surface area contributed by atoms with Gasteiger partial charge < -0.3 is 4.90 Å². The predicted molar refractivity (Wildman–Crippen MR) is 60.5 cm³/mol. The Morgan fingerprint density at radius 1 is 1.46 bits per heavy atom. The van der Waals surface area contributed by atoms with Crippen molar-refractivity contribution in [2.75, 3.05) is 18.0 Å². The molecule has 0 radical (unpaired) electrons. The Balaban J connectivity index is 2.51. The van der Waals surface area contributed by atoms with Gasteiger partial charge in [-0.2, -0.15) is 0 Å². The number of nitrogens with zero attached hydrogens (tertiary/aromatic N) is 1. The van der Waals surface area contributed by atoms with Gasteiger partial charge in [0.1, 0.15) is 0 Å². The summed E-state index contributed by atoms with van der Waals surface area (Å²) in [4.78, 5) is 2.43. The van der Waals surface area contributed by atoms with E-state index in [1.165, 1.54) is 34.3 Å². The number of rotatable bonds is 1. The van der Waals surface area contributed by atoms with Crippen LogP contribution in [-0.4, -0.2) is 13.1 Å². The fourth-order valence-electron chi connectivity index (χ4n) is 2.03. The van der Waals surface area contributed by atoms with Crippen LogP contribution in [0, 0.1) is 6.92 Å². The molecule has 1 heterocycles. The van der Waals surface area contributed by atoms with E-state index in [2.05, 4.69) is 46.8 Å². The molecule has 0 N–H and O–H groups in total. The second-order valence-corrected chi connectivity index (χ2v) is 4.44. The summed E-state index contributed by atoms with van der Waals surface area (Å²) in [6.45, 7) is 6.64. The molecule has 0 saturated carbocycles. The number of anilines is 1. The molecule has 0 saturated heterocycles. The number of aryl methyl sites for hydroxylation is 1. The number of hydrogen-bond acceptors (Lipinski definition) is 1. The molecule has 0 aromatic heterocycles. The lowest BCUT2D eigenvalue weighted by molar-refractivity contribution is 0.867. The standard InChI is InChI=1S/C11H14BrN/c1-3-13-5-4-9-6-8(2)7-10(12)11(9)13/h6-7H,3-5H2,1-2H3. The molecule has 0 aliphatic carbocycles. The quantitative estimate of drug-likeness (QED) is 0.728. The summed E-state index contributed by atoms with van der Waals surface area (Å²) in [6.07, 6.45) is 1.20. The highest BCUT2D eigenvalue weighted by Gasteiger charge is 2.20. The molecule has 70 valence electrons. The van der Waals surface area contributed by atoms with Gasteiger partial charge in [-0.25, -0.2) is 0 Å². The lowest BCUT2D eigenvalue weighted by Gasteiger charge is -2.18. The highest BCUT2D eigenvalue weighted by molar-refractivity contribution is 9.10. The minimum Gasteiger partial charge on any atom is -0.370 e. The van der Waals surface area contributed by atoms with Crippen molar-refractivity contribution in [3.8, 4) is 0 Å². The Morgan fingerprint density at radius 3 is 2.92 bits per heavy atom. The first-order valence-electron chi connectivity index (χ1n) is 4.76. The molecule has 2 heteroatoms. The van der Waals surface area contributed by atoms with Gasteiger partial charge >= 0.3 is 0 Å². The number of likely N-dealkylation sites (N-methyl/N-ethyl adjacent to an activating group) is 1. The van der Waals surface area contributed by atoms with Crippen LogP contribution >= 0.6 is 15.9 Å². The molecule has 0 atom stereocenters. The third-order valence-electron chi connectivity index (χ3n) is 2.64. The van der Waals surface area contributed by atoms with Crippen LogP contribution in [0.25, 0.3) is 0 Å². The first-order valence-corrected chi connectivity index (χ1v) is 5.55. The van der Waals surface area contributed by atoms with E-state index in [1.807, 2.05) is 0 Å². The minimum absolute atomic E-state index is 1.11. The van der Waals surface area contributed by atoms with Gasteiger partial charge in [-0.1, -0.05) is 6.07 Å². The molecular weight excluding hydrogens is 226 g/mol. The molecule has 0 unspecified atom stereocenters. The zero-order chi connectivity index (χ0) is 9.42. The Morgan fingerprint density at radius 2 is 2.23 bits per heavy atom. The van der Waals surface area contributed by atoms with Crippen molar-refractivity contribution in [3.63, 3.8) is 0 Å². The molecule has 1 aromatic rings. The summed E-state index contributed by atoms with van der Waals surface area (Å²) in [5, 5.41) is 0. The van der Waals surface area contributed by atoms with E-state index >= 15 is 0 Å². The molecule has 1 nitrogen and oxygen atoms in total. The van der Waals surface area contributed by atoms with Crippen molar-refractivity contribution in [2.45, 2.75) is 20.3 Å². The zero-order valence-electron chi connectivity index (χ0n) is 8.10. The van der Waals surface area contributed by atoms with E-state index in [4.69, 9.17) is 0 Å². The van der Waals surface area contributed by atoms with E-state index in [1.54, 1.807) is 0 Å². The summed E-state index contributed by atoms with van der Waals surface area (Å²) < 4.78 is 1.25. The summed E-state index contributed by atoms with van der Waals surface area (Å²) >= 11 is 3.64. The second-order valence-electron chi connectivity index (χ2n) is 3.58. The van der Waals surface area contributed by atoms with Crippen LogP contribution in [0.4, 0.5) is 5.69 Å². The van der Waals surface area contributed by atoms with E-state index in [9.17, 15) is 0 Å². The van der Waals surface area contributed by atoms with Crippen LogP contribution < -0.4 is 4.90 Å². The molecule has 0 bridgehead atoms. The van der Waals surface area contributed by atoms with Gasteiger partial charge in [-0.3, -0.25) is 0 Å². The summed E-state index contributed by atoms with van der Waals surface area (Å²) in [6, 6.07) is 4.50. The highest BCUT2D eigenvalue weighted by Crippen LogP contribution is 2.36. The maximum atomic E-state index is 3.64. The Bertz CT molecular complexity index is 333. The van der Waals surface area contributed by atoms with Gasteiger partial charge in [0.15, 0.2) is 0 Å². The van der Waals surface area contributed by atoms with Gasteiger partial charge in [-0.05, 0) is 53.4 Å². The highest BCUT2D eigenvalue weighted by atomic mass is 79.9. The number of fused-ring (bicyclic) bond motifs is 1. The summed E-state index contributed by atoms with van der Waals surface area (Å²) in [5.41, 5.74) is 4.26. The van der Waals surface area contributed by atoms with Crippen molar-refractivity contribution < 1.29 is 0 Å². The third-order valence-corrected chi connectivity index (χ3v) is 3.24. The van der Waals surface area contributed by atoms with Gasteiger partial charge in [0.25, 0.3) is 0 Å². The molecule has 13 heavy (non-hydrogen) atoms. The minimum atomic E-state index is 1.11. The smallest absolute Gasteiger partial charge is 0.0544 e. The summed E-state index contributed by atoms with van der Waals surface area (Å²) in [5.74, 6) is 0. The topological polar surface area (TPSA) is 3.24 Å². The Kier molecular flexibility index (Phi) is 2.33. The summed E-state index contributed by atoms with van der Waals surface area (Å²) in [7, 11) is 0. The largest absolute Gasteiger partial charge is 0.370 e.